The summed E-state index contributed by atoms with van der Waals surface area (Å²) in [5, 5.41) is 0. The van der Waals surface area contributed by atoms with Gasteiger partial charge in [0.25, 0.3) is 0 Å². The third kappa shape index (κ3) is 4.03. The summed E-state index contributed by atoms with van der Waals surface area (Å²) >= 11 is 0. The van der Waals surface area contributed by atoms with Gasteiger partial charge in [0.2, 0.25) is 5.91 Å². The number of piperazine rings is 1. The molecular weight excluding hydrogens is 318 g/mol. The molecule has 25 heavy (non-hydrogen) atoms. The van der Waals surface area contributed by atoms with Crippen LogP contribution in [0.2, 0.25) is 0 Å². The van der Waals surface area contributed by atoms with E-state index in [9.17, 15) is 9.59 Å². The molecule has 2 aliphatic rings. The molecule has 3 rings (SSSR count). The fourth-order valence-electron chi connectivity index (χ4n) is 3.63. The molecule has 1 aromatic rings. The van der Waals surface area contributed by atoms with Gasteiger partial charge >= 0.3 is 6.03 Å². The summed E-state index contributed by atoms with van der Waals surface area (Å²) in [6.07, 6.45) is 5.37. The number of amides is 3. The fourth-order valence-corrected chi connectivity index (χ4v) is 3.63. The lowest BCUT2D eigenvalue weighted by molar-refractivity contribution is -0.137. The van der Waals surface area contributed by atoms with Crippen LogP contribution in [-0.2, 0) is 4.79 Å². The predicted octanol–water partition coefficient (Wildman–Crippen LogP) is 1.12. The smallest absolute Gasteiger partial charge is 0.319 e. The van der Waals surface area contributed by atoms with Gasteiger partial charge in [-0.05, 0) is 25.0 Å². The number of hydrogen-bond donors (Lipinski definition) is 0. The number of hydrogen-bond acceptors (Lipinski definition) is 4. The zero-order valence-corrected chi connectivity index (χ0v) is 15.1. The van der Waals surface area contributed by atoms with Crippen LogP contribution >= 0.6 is 0 Å². The van der Waals surface area contributed by atoms with Crippen LogP contribution in [0, 0.1) is 5.92 Å². The maximum absolute atomic E-state index is 12.9. The van der Waals surface area contributed by atoms with Crippen LogP contribution in [0.25, 0.3) is 0 Å². The number of likely N-dealkylation sites (tertiary alicyclic amines) is 1. The summed E-state index contributed by atoms with van der Waals surface area (Å²) in [4.78, 5) is 36.7. The van der Waals surface area contributed by atoms with E-state index in [2.05, 4.69) is 9.88 Å². The standard InChI is InChI=1S/C18H27N5O2/c1-20(2)18(25)23-9-3-4-15(14-23)17(24)22-12-10-21(11-13-22)16-5-7-19-8-6-16/h5-8,15H,3-4,9-14H2,1-2H3. The minimum atomic E-state index is -0.0647. The van der Waals surface area contributed by atoms with E-state index in [0.717, 1.165) is 51.3 Å². The molecule has 2 saturated heterocycles. The van der Waals surface area contributed by atoms with Gasteiger partial charge in [-0.15, -0.1) is 0 Å². The number of piperidine rings is 1. The number of aromatic nitrogens is 1. The van der Waals surface area contributed by atoms with Crippen molar-refractivity contribution in [1.29, 1.82) is 0 Å². The first-order valence-corrected chi connectivity index (χ1v) is 8.96. The van der Waals surface area contributed by atoms with Gasteiger partial charge in [0, 0.05) is 71.4 Å². The molecule has 0 aromatic carbocycles. The minimum Gasteiger partial charge on any atom is -0.368 e. The van der Waals surface area contributed by atoms with Crippen LogP contribution in [0.3, 0.4) is 0 Å². The largest absolute Gasteiger partial charge is 0.368 e. The Morgan fingerprint density at radius 3 is 2.36 bits per heavy atom. The topological polar surface area (TPSA) is 60.0 Å². The summed E-state index contributed by atoms with van der Waals surface area (Å²) < 4.78 is 0. The second-order valence-corrected chi connectivity index (χ2v) is 6.98. The Bertz CT molecular complexity index is 599. The highest BCUT2D eigenvalue weighted by Gasteiger charge is 2.33. The molecule has 0 bridgehead atoms. The Morgan fingerprint density at radius 2 is 1.72 bits per heavy atom. The molecule has 0 saturated carbocycles. The fraction of sp³-hybridized carbons (Fsp3) is 0.611. The molecule has 0 spiro atoms. The van der Waals surface area contributed by atoms with Gasteiger partial charge in [0.15, 0.2) is 0 Å². The lowest BCUT2D eigenvalue weighted by Crippen LogP contribution is -2.53. The van der Waals surface area contributed by atoms with E-state index in [4.69, 9.17) is 0 Å². The van der Waals surface area contributed by atoms with Gasteiger partial charge in [0.05, 0.1) is 5.92 Å². The highest BCUT2D eigenvalue weighted by molar-refractivity contribution is 5.81. The zero-order chi connectivity index (χ0) is 17.8. The first-order valence-electron chi connectivity index (χ1n) is 8.96. The molecule has 1 unspecified atom stereocenters. The molecule has 3 amide bonds. The second kappa shape index (κ2) is 7.72. The van der Waals surface area contributed by atoms with Gasteiger partial charge in [0.1, 0.15) is 0 Å². The molecule has 2 fully saturated rings. The molecule has 136 valence electrons. The predicted molar refractivity (Wildman–Crippen MR) is 96.4 cm³/mol. The van der Waals surface area contributed by atoms with E-state index in [0.29, 0.717) is 6.54 Å². The first kappa shape index (κ1) is 17.5. The van der Waals surface area contributed by atoms with E-state index in [-0.39, 0.29) is 17.9 Å². The van der Waals surface area contributed by atoms with Crippen LogP contribution in [0.1, 0.15) is 12.8 Å². The Hall–Kier alpha value is -2.31. The molecule has 0 N–H and O–H groups in total. The maximum atomic E-state index is 12.9. The zero-order valence-electron chi connectivity index (χ0n) is 15.1. The van der Waals surface area contributed by atoms with Gasteiger partial charge < -0.3 is 19.6 Å². The third-order valence-corrected chi connectivity index (χ3v) is 5.04. The van der Waals surface area contributed by atoms with Crippen LogP contribution in [-0.4, -0.2) is 85.0 Å². The summed E-state index contributed by atoms with van der Waals surface area (Å²) in [7, 11) is 3.51. The van der Waals surface area contributed by atoms with Crippen LogP contribution in [0.5, 0.6) is 0 Å². The number of pyridine rings is 1. The van der Waals surface area contributed by atoms with Gasteiger partial charge in [-0.3, -0.25) is 9.78 Å². The number of carbonyl (C=O) groups is 2. The number of carbonyl (C=O) groups excluding carboxylic acids is 2. The van der Waals surface area contributed by atoms with Crippen molar-refractivity contribution < 1.29 is 9.59 Å². The first-order chi connectivity index (χ1) is 12.1. The molecule has 2 aliphatic heterocycles. The van der Waals surface area contributed by atoms with E-state index in [1.165, 1.54) is 0 Å². The van der Waals surface area contributed by atoms with Crippen molar-refractivity contribution in [1.82, 2.24) is 19.7 Å². The average Bonchev–Trinajstić information content (AvgIpc) is 2.67. The monoisotopic (exact) mass is 345 g/mol. The average molecular weight is 345 g/mol. The highest BCUT2D eigenvalue weighted by Crippen LogP contribution is 2.21. The van der Waals surface area contributed by atoms with Gasteiger partial charge in [-0.2, -0.15) is 0 Å². The molecule has 0 radical (unpaired) electrons. The summed E-state index contributed by atoms with van der Waals surface area (Å²) in [6, 6.07) is 4.01. The molecule has 3 heterocycles. The number of nitrogens with zero attached hydrogens (tertiary/aromatic N) is 5. The van der Waals surface area contributed by atoms with Crippen molar-refractivity contribution in [2.45, 2.75) is 12.8 Å². The minimum absolute atomic E-state index is 0.00000590. The quantitative estimate of drug-likeness (QED) is 0.806. The Kier molecular flexibility index (Phi) is 5.40. The maximum Gasteiger partial charge on any atom is 0.319 e. The van der Waals surface area contributed by atoms with Crippen molar-refractivity contribution in [3.05, 3.63) is 24.5 Å². The third-order valence-electron chi connectivity index (χ3n) is 5.04. The lowest BCUT2D eigenvalue weighted by atomic mass is 9.96. The molecule has 0 aliphatic carbocycles. The van der Waals surface area contributed by atoms with Crippen molar-refractivity contribution in [2.24, 2.45) is 5.92 Å². The molecule has 1 aromatic heterocycles. The van der Waals surface area contributed by atoms with E-state index in [1.54, 1.807) is 36.3 Å². The molecule has 7 nitrogen and oxygen atoms in total. The van der Waals surface area contributed by atoms with Gasteiger partial charge in [-0.1, -0.05) is 0 Å². The Balaban J connectivity index is 1.54. The van der Waals surface area contributed by atoms with Crippen molar-refractivity contribution in [3.8, 4) is 0 Å². The normalized spacial score (nSPS) is 21.2. The Labute approximate surface area is 149 Å². The summed E-state index contributed by atoms with van der Waals surface area (Å²) in [5.41, 5.74) is 1.16. The van der Waals surface area contributed by atoms with E-state index in [1.807, 2.05) is 17.0 Å². The Morgan fingerprint density at radius 1 is 1.04 bits per heavy atom. The SMILES string of the molecule is CN(C)C(=O)N1CCCC(C(=O)N2CCN(c3ccncc3)CC2)C1. The van der Waals surface area contributed by atoms with Crippen molar-refractivity contribution in [3.63, 3.8) is 0 Å². The second-order valence-electron chi connectivity index (χ2n) is 6.98. The lowest BCUT2D eigenvalue weighted by Gasteiger charge is -2.40. The van der Waals surface area contributed by atoms with Gasteiger partial charge in [-0.25, -0.2) is 4.79 Å². The van der Waals surface area contributed by atoms with E-state index >= 15 is 0 Å². The number of rotatable bonds is 2. The molecule has 7 heteroatoms. The molecule has 1 atom stereocenters. The van der Waals surface area contributed by atoms with Crippen molar-refractivity contribution in [2.75, 3.05) is 58.3 Å². The number of urea groups is 1. The van der Waals surface area contributed by atoms with Crippen LogP contribution in [0.4, 0.5) is 10.5 Å². The van der Waals surface area contributed by atoms with E-state index < -0.39 is 0 Å². The highest BCUT2D eigenvalue weighted by atomic mass is 16.2. The van der Waals surface area contributed by atoms with Crippen molar-refractivity contribution >= 4 is 17.6 Å². The summed E-state index contributed by atoms with van der Waals surface area (Å²) in [6.45, 7) is 4.43. The molecular formula is C18H27N5O2. The number of anilines is 1. The van der Waals surface area contributed by atoms with Crippen LogP contribution < -0.4 is 4.90 Å². The summed E-state index contributed by atoms with van der Waals surface area (Å²) in [5.74, 6) is 0.135. The van der Waals surface area contributed by atoms with Crippen LogP contribution in [0.15, 0.2) is 24.5 Å².